The molecule has 0 spiro atoms. The van der Waals surface area contributed by atoms with Gasteiger partial charge in [0.25, 0.3) is 0 Å². The third-order valence-corrected chi connectivity index (χ3v) is 4.05. The molecule has 1 fully saturated rings. The van der Waals surface area contributed by atoms with Gasteiger partial charge in [-0.15, -0.1) is 0 Å². The second kappa shape index (κ2) is 5.68. The largest absolute Gasteiger partial charge is 0.392 e. The summed E-state index contributed by atoms with van der Waals surface area (Å²) in [6.07, 6.45) is 4.36. The lowest BCUT2D eigenvalue weighted by Gasteiger charge is -2.34. The third-order valence-electron chi connectivity index (χ3n) is 4.05. The fraction of sp³-hybridized carbons (Fsp3) is 0.625. The van der Waals surface area contributed by atoms with Crippen molar-refractivity contribution in [3.8, 4) is 0 Å². The minimum absolute atomic E-state index is 0.164. The molecule has 94 valence electrons. The van der Waals surface area contributed by atoms with E-state index in [4.69, 9.17) is 0 Å². The molecule has 0 amide bonds. The lowest BCUT2D eigenvalue weighted by molar-refractivity contribution is 0.0561. The molecule has 3 atom stereocenters. The Morgan fingerprint density at radius 2 is 1.65 bits per heavy atom. The van der Waals surface area contributed by atoms with Crippen LogP contribution in [0.5, 0.6) is 0 Å². The van der Waals surface area contributed by atoms with Crippen molar-refractivity contribution in [3.05, 3.63) is 35.9 Å². The molecular formula is C16H24O. The van der Waals surface area contributed by atoms with Crippen LogP contribution in [-0.2, 0) is 6.42 Å². The summed E-state index contributed by atoms with van der Waals surface area (Å²) in [6, 6.07) is 10.3. The summed E-state index contributed by atoms with van der Waals surface area (Å²) in [5.74, 6) is 2.04. The van der Waals surface area contributed by atoms with Gasteiger partial charge in [-0.2, -0.15) is 0 Å². The van der Waals surface area contributed by atoms with E-state index in [0.717, 1.165) is 18.3 Å². The predicted molar refractivity (Wildman–Crippen MR) is 71.8 cm³/mol. The van der Waals surface area contributed by atoms with E-state index in [2.05, 4.69) is 26.0 Å². The lowest BCUT2D eigenvalue weighted by atomic mass is 9.73. The molecule has 1 nitrogen and oxygen atoms in total. The quantitative estimate of drug-likeness (QED) is 0.843. The van der Waals surface area contributed by atoms with Crippen molar-refractivity contribution in [2.45, 2.75) is 45.6 Å². The summed E-state index contributed by atoms with van der Waals surface area (Å²) in [7, 11) is 0. The van der Waals surface area contributed by atoms with Crippen LogP contribution in [0.15, 0.2) is 30.3 Å². The summed E-state index contributed by atoms with van der Waals surface area (Å²) >= 11 is 0. The Kier molecular flexibility index (Phi) is 4.22. The minimum Gasteiger partial charge on any atom is -0.392 e. The van der Waals surface area contributed by atoms with Gasteiger partial charge in [0.05, 0.1) is 6.10 Å². The number of aliphatic hydroxyl groups excluding tert-OH is 1. The number of benzene rings is 1. The summed E-state index contributed by atoms with van der Waals surface area (Å²) in [5.41, 5.74) is 1.26. The molecule has 1 aromatic carbocycles. The second-order valence-corrected chi connectivity index (χ2v) is 5.93. The van der Waals surface area contributed by atoms with E-state index in [0.29, 0.717) is 5.92 Å². The molecule has 0 bridgehead atoms. The Labute approximate surface area is 105 Å². The highest BCUT2D eigenvalue weighted by molar-refractivity contribution is 5.15. The predicted octanol–water partition coefficient (Wildman–Crippen LogP) is 3.66. The summed E-state index contributed by atoms with van der Waals surface area (Å²) in [4.78, 5) is 0. The van der Waals surface area contributed by atoms with E-state index in [1.165, 1.54) is 24.8 Å². The van der Waals surface area contributed by atoms with Crippen molar-refractivity contribution in [1.82, 2.24) is 0 Å². The van der Waals surface area contributed by atoms with Gasteiger partial charge in [-0.05, 0) is 49.0 Å². The molecule has 0 aliphatic heterocycles. The van der Waals surface area contributed by atoms with Gasteiger partial charge >= 0.3 is 0 Å². The molecule has 0 saturated heterocycles. The molecule has 1 heteroatoms. The van der Waals surface area contributed by atoms with Crippen LogP contribution in [0.1, 0.15) is 38.7 Å². The zero-order valence-electron chi connectivity index (χ0n) is 11.0. The van der Waals surface area contributed by atoms with Crippen molar-refractivity contribution in [1.29, 1.82) is 0 Å². The summed E-state index contributed by atoms with van der Waals surface area (Å²) < 4.78 is 0. The molecule has 1 aromatic rings. The van der Waals surface area contributed by atoms with Crippen molar-refractivity contribution in [3.63, 3.8) is 0 Å². The van der Waals surface area contributed by atoms with Crippen molar-refractivity contribution < 1.29 is 5.11 Å². The molecule has 1 N–H and O–H groups in total. The average molecular weight is 232 g/mol. The van der Waals surface area contributed by atoms with E-state index in [9.17, 15) is 5.11 Å². The zero-order valence-corrected chi connectivity index (χ0v) is 11.0. The molecular weight excluding hydrogens is 208 g/mol. The molecule has 17 heavy (non-hydrogen) atoms. The third kappa shape index (κ3) is 3.57. The van der Waals surface area contributed by atoms with Gasteiger partial charge in [0, 0.05) is 0 Å². The highest BCUT2D eigenvalue weighted by Gasteiger charge is 2.28. The molecule has 1 aliphatic rings. The maximum Gasteiger partial charge on any atom is 0.0608 e. The highest BCUT2D eigenvalue weighted by atomic mass is 16.3. The SMILES string of the molecule is CC1CC(C)CC(C(O)Cc2ccccc2)C1. The lowest BCUT2D eigenvalue weighted by Crippen LogP contribution is -2.30. The second-order valence-electron chi connectivity index (χ2n) is 5.93. The first-order valence-corrected chi connectivity index (χ1v) is 6.87. The van der Waals surface area contributed by atoms with Gasteiger partial charge in [0.2, 0.25) is 0 Å². The molecule has 0 aromatic heterocycles. The van der Waals surface area contributed by atoms with E-state index >= 15 is 0 Å². The zero-order chi connectivity index (χ0) is 12.3. The number of rotatable bonds is 3. The van der Waals surface area contributed by atoms with Crippen LogP contribution in [0.3, 0.4) is 0 Å². The first-order chi connectivity index (χ1) is 8.15. The Morgan fingerprint density at radius 1 is 1.06 bits per heavy atom. The average Bonchev–Trinajstić information content (AvgIpc) is 2.29. The van der Waals surface area contributed by atoms with Gasteiger partial charge in [-0.3, -0.25) is 0 Å². The van der Waals surface area contributed by atoms with Gasteiger partial charge < -0.3 is 5.11 Å². The van der Waals surface area contributed by atoms with Gasteiger partial charge in [-0.1, -0.05) is 44.2 Å². The number of aliphatic hydroxyl groups is 1. The smallest absolute Gasteiger partial charge is 0.0608 e. The van der Waals surface area contributed by atoms with E-state index in [-0.39, 0.29) is 6.10 Å². The first kappa shape index (κ1) is 12.6. The maximum atomic E-state index is 10.4. The van der Waals surface area contributed by atoms with Crippen LogP contribution in [0, 0.1) is 17.8 Å². The van der Waals surface area contributed by atoms with Crippen LogP contribution < -0.4 is 0 Å². The van der Waals surface area contributed by atoms with Crippen LogP contribution in [0.2, 0.25) is 0 Å². The molecule has 2 rings (SSSR count). The molecule has 1 aliphatic carbocycles. The first-order valence-electron chi connectivity index (χ1n) is 6.87. The molecule has 3 unspecified atom stereocenters. The van der Waals surface area contributed by atoms with Crippen LogP contribution >= 0.6 is 0 Å². The number of hydrogen-bond acceptors (Lipinski definition) is 1. The Bertz CT molecular complexity index is 323. The van der Waals surface area contributed by atoms with Crippen LogP contribution in [-0.4, -0.2) is 11.2 Å². The fourth-order valence-electron chi connectivity index (χ4n) is 3.35. The van der Waals surface area contributed by atoms with E-state index in [1.807, 2.05) is 18.2 Å². The maximum absolute atomic E-state index is 10.4. The standard InChI is InChI=1S/C16H24O/c1-12-8-13(2)10-15(9-12)16(17)11-14-6-4-3-5-7-14/h3-7,12-13,15-17H,8-11H2,1-2H3. The van der Waals surface area contributed by atoms with Crippen molar-refractivity contribution in [2.24, 2.45) is 17.8 Å². The van der Waals surface area contributed by atoms with Crippen LogP contribution in [0.25, 0.3) is 0 Å². The Balaban J connectivity index is 1.93. The van der Waals surface area contributed by atoms with Crippen molar-refractivity contribution >= 4 is 0 Å². The normalized spacial score (nSPS) is 31.1. The summed E-state index contributed by atoms with van der Waals surface area (Å²) in [6.45, 7) is 4.63. The topological polar surface area (TPSA) is 20.2 Å². The van der Waals surface area contributed by atoms with Gasteiger partial charge in [0.15, 0.2) is 0 Å². The van der Waals surface area contributed by atoms with Gasteiger partial charge in [-0.25, -0.2) is 0 Å². The van der Waals surface area contributed by atoms with Gasteiger partial charge in [0.1, 0.15) is 0 Å². The molecule has 0 radical (unpaired) electrons. The van der Waals surface area contributed by atoms with E-state index in [1.54, 1.807) is 0 Å². The monoisotopic (exact) mass is 232 g/mol. The molecule has 1 saturated carbocycles. The molecule has 0 heterocycles. The summed E-state index contributed by atoms with van der Waals surface area (Å²) in [5, 5.41) is 10.4. The van der Waals surface area contributed by atoms with Crippen LogP contribution in [0.4, 0.5) is 0 Å². The minimum atomic E-state index is -0.164. The highest BCUT2D eigenvalue weighted by Crippen LogP contribution is 2.35. The Hall–Kier alpha value is -0.820. The number of hydrogen-bond donors (Lipinski definition) is 1. The fourth-order valence-corrected chi connectivity index (χ4v) is 3.35. The van der Waals surface area contributed by atoms with Crippen molar-refractivity contribution in [2.75, 3.05) is 0 Å². The Morgan fingerprint density at radius 3 is 2.24 bits per heavy atom. The van der Waals surface area contributed by atoms with E-state index < -0.39 is 0 Å².